The van der Waals surface area contributed by atoms with Gasteiger partial charge in [0.15, 0.2) is 0 Å². The van der Waals surface area contributed by atoms with Crippen LogP contribution in [-0.4, -0.2) is 54.9 Å². The van der Waals surface area contributed by atoms with Crippen LogP contribution in [0.2, 0.25) is 0 Å². The van der Waals surface area contributed by atoms with Gasteiger partial charge in [-0.2, -0.15) is 10.1 Å². The second kappa shape index (κ2) is 8.28. The maximum atomic E-state index is 5.64. The highest BCUT2D eigenvalue weighted by Crippen LogP contribution is 2.25. The Hall–Kier alpha value is -2.45. The van der Waals surface area contributed by atoms with E-state index >= 15 is 0 Å². The van der Waals surface area contributed by atoms with Gasteiger partial charge in [0.25, 0.3) is 0 Å². The zero-order chi connectivity index (χ0) is 19.5. The number of nitrogens with one attached hydrogen (secondary N) is 1. The van der Waals surface area contributed by atoms with Crippen molar-refractivity contribution in [3.63, 3.8) is 0 Å². The summed E-state index contributed by atoms with van der Waals surface area (Å²) < 4.78 is 4.21. The summed E-state index contributed by atoms with van der Waals surface area (Å²) in [5.41, 5.74) is 7.49. The number of likely N-dealkylation sites (tertiary alicyclic amines) is 1. The van der Waals surface area contributed by atoms with Crippen molar-refractivity contribution in [2.24, 2.45) is 5.73 Å². The smallest absolute Gasteiger partial charge is 0.229 e. The van der Waals surface area contributed by atoms with Gasteiger partial charge in [-0.1, -0.05) is 0 Å². The summed E-state index contributed by atoms with van der Waals surface area (Å²) in [5.74, 6) is 0.592. The molecule has 3 aromatic heterocycles. The summed E-state index contributed by atoms with van der Waals surface area (Å²) in [6, 6.07) is 3.12. The lowest BCUT2D eigenvalue weighted by molar-refractivity contribution is 0.147. The van der Waals surface area contributed by atoms with E-state index in [1.165, 1.54) is 0 Å². The molecular weight excluding hydrogens is 352 g/mol. The van der Waals surface area contributed by atoms with E-state index in [0.717, 1.165) is 55.6 Å². The molecule has 0 bridgehead atoms. The molecule has 0 aliphatic carbocycles. The molecule has 28 heavy (non-hydrogen) atoms. The lowest BCUT2D eigenvalue weighted by atomic mass is 10.0. The van der Waals surface area contributed by atoms with Gasteiger partial charge in [0.1, 0.15) is 5.65 Å². The van der Waals surface area contributed by atoms with Crippen molar-refractivity contribution in [3.8, 4) is 0 Å². The first-order valence-corrected chi connectivity index (χ1v) is 10.2. The van der Waals surface area contributed by atoms with Gasteiger partial charge in [0, 0.05) is 49.7 Å². The van der Waals surface area contributed by atoms with Crippen LogP contribution in [0.3, 0.4) is 0 Å². The molecule has 1 saturated heterocycles. The van der Waals surface area contributed by atoms with Crippen molar-refractivity contribution in [1.82, 2.24) is 29.2 Å². The number of piperidine rings is 1. The third kappa shape index (κ3) is 4.02. The normalized spacial score (nSPS) is 16.3. The van der Waals surface area contributed by atoms with Crippen molar-refractivity contribution in [2.45, 2.75) is 51.7 Å². The fraction of sp³-hybridized carbons (Fsp3) is 0.550. The van der Waals surface area contributed by atoms with Gasteiger partial charge in [0.05, 0.1) is 17.9 Å². The number of hydrogen-bond acceptors (Lipinski definition) is 6. The van der Waals surface area contributed by atoms with E-state index in [1.807, 2.05) is 24.7 Å². The average Bonchev–Trinajstić information content (AvgIpc) is 3.33. The molecule has 1 fully saturated rings. The SMILES string of the molecule is CC(C)N1CCC(n2cc(Nc3ncc4ccn(CCCN)c4n3)cn2)CC1. The van der Waals surface area contributed by atoms with Crippen molar-refractivity contribution in [3.05, 3.63) is 30.9 Å². The first-order valence-electron chi connectivity index (χ1n) is 10.2. The number of hydrogen-bond donors (Lipinski definition) is 2. The van der Waals surface area contributed by atoms with Crippen LogP contribution in [0.15, 0.2) is 30.9 Å². The van der Waals surface area contributed by atoms with E-state index < -0.39 is 0 Å². The second-order valence-corrected chi connectivity index (χ2v) is 7.82. The molecular formula is C20H30N8. The van der Waals surface area contributed by atoms with Crippen LogP contribution in [-0.2, 0) is 6.54 Å². The summed E-state index contributed by atoms with van der Waals surface area (Å²) in [6.07, 6.45) is 11.0. The van der Waals surface area contributed by atoms with Crippen LogP contribution in [0.5, 0.6) is 0 Å². The Morgan fingerprint density at radius 2 is 2.07 bits per heavy atom. The van der Waals surface area contributed by atoms with Gasteiger partial charge < -0.3 is 20.5 Å². The first-order chi connectivity index (χ1) is 13.6. The summed E-state index contributed by atoms with van der Waals surface area (Å²) >= 11 is 0. The summed E-state index contributed by atoms with van der Waals surface area (Å²) in [6.45, 7) is 8.32. The molecule has 8 nitrogen and oxygen atoms in total. The third-order valence-corrected chi connectivity index (χ3v) is 5.57. The Morgan fingerprint density at radius 1 is 1.25 bits per heavy atom. The predicted octanol–water partition coefficient (Wildman–Crippen LogP) is 2.77. The van der Waals surface area contributed by atoms with E-state index in [0.29, 0.717) is 24.6 Å². The summed E-state index contributed by atoms with van der Waals surface area (Å²) in [4.78, 5) is 11.7. The summed E-state index contributed by atoms with van der Waals surface area (Å²) in [7, 11) is 0. The topological polar surface area (TPSA) is 89.8 Å². The van der Waals surface area contributed by atoms with Crippen LogP contribution in [0, 0.1) is 0 Å². The molecule has 0 spiro atoms. The third-order valence-electron chi connectivity index (χ3n) is 5.57. The number of fused-ring (bicyclic) bond motifs is 1. The Kier molecular flexibility index (Phi) is 5.59. The molecule has 1 aliphatic heterocycles. The molecule has 3 aromatic rings. The van der Waals surface area contributed by atoms with Crippen molar-refractivity contribution < 1.29 is 0 Å². The van der Waals surface area contributed by atoms with Crippen molar-refractivity contribution in [1.29, 1.82) is 0 Å². The number of anilines is 2. The molecule has 4 rings (SSSR count). The number of aromatic nitrogens is 5. The van der Waals surface area contributed by atoms with Crippen LogP contribution in [0.1, 0.15) is 39.2 Å². The minimum atomic E-state index is 0.461. The number of nitrogens with zero attached hydrogens (tertiary/aromatic N) is 6. The number of nitrogens with two attached hydrogens (primary N) is 1. The largest absolute Gasteiger partial charge is 0.332 e. The van der Waals surface area contributed by atoms with E-state index in [-0.39, 0.29) is 0 Å². The second-order valence-electron chi connectivity index (χ2n) is 7.82. The van der Waals surface area contributed by atoms with E-state index in [9.17, 15) is 0 Å². The molecule has 1 aliphatic rings. The van der Waals surface area contributed by atoms with E-state index in [4.69, 9.17) is 10.7 Å². The van der Waals surface area contributed by atoms with Gasteiger partial charge in [0.2, 0.25) is 5.95 Å². The fourth-order valence-corrected chi connectivity index (χ4v) is 3.87. The van der Waals surface area contributed by atoms with Crippen LogP contribution < -0.4 is 11.1 Å². The average molecular weight is 383 g/mol. The lowest BCUT2D eigenvalue weighted by Gasteiger charge is -2.34. The van der Waals surface area contributed by atoms with Gasteiger partial charge in [-0.25, -0.2) is 4.98 Å². The molecule has 3 N–H and O–H groups in total. The molecule has 0 amide bonds. The molecule has 150 valence electrons. The Bertz CT molecular complexity index is 904. The quantitative estimate of drug-likeness (QED) is 0.653. The van der Waals surface area contributed by atoms with Gasteiger partial charge >= 0.3 is 0 Å². The molecule has 0 aromatic carbocycles. The van der Waals surface area contributed by atoms with Crippen molar-refractivity contribution in [2.75, 3.05) is 25.0 Å². The van der Waals surface area contributed by atoms with E-state index in [2.05, 4.69) is 49.6 Å². The first kappa shape index (κ1) is 18.9. The lowest BCUT2D eigenvalue weighted by Crippen LogP contribution is -2.39. The highest BCUT2D eigenvalue weighted by atomic mass is 15.3. The van der Waals surface area contributed by atoms with E-state index in [1.54, 1.807) is 0 Å². The zero-order valence-corrected chi connectivity index (χ0v) is 16.8. The number of rotatable bonds is 7. The minimum Gasteiger partial charge on any atom is -0.332 e. The molecule has 0 unspecified atom stereocenters. The molecule has 8 heteroatoms. The Balaban J connectivity index is 1.44. The Morgan fingerprint density at radius 3 is 2.82 bits per heavy atom. The zero-order valence-electron chi connectivity index (χ0n) is 16.8. The van der Waals surface area contributed by atoms with Gasteiger partial charge in [-0.3, -0.25) is 4.68 Å². The maximum absolute atomic E-state index is 5.64. The fourth-order valence-electron chi connectivity index (χ4n) is 3.87. The Labute approximate surface area is 165 Å². The van der Waals surface area contributed by atoms with Gasteiger partial charge in [-0.15, -0.1) is 0 Å². The molecule has 0 saturated carbocycles. The standard InChI is InChI=1S/C20H30N8/c1-15(2)26-10-5-18(6-11-26)28-14-17(13-23-28)24-20-22-12-16-4-9-27(8-3-7-21)19(16)25-20/h4,9,12-15,18H,3,5-8,10-11,21H2,1-2H3,(H,22,24,25). The monoisotopic (exact) mass is 382 g/mol. The molecule has 0 atom stereocenters. The maximum Gasteiger partial charge on any atom is 0.229 e. The number of aryl methyl sites for hydroxylation is 1. The summed E-state index contributed by atoms with van der Waals surface area (Å²) in [5, 5.41) is 8.92. The highest BCUT2D eigenvalue weighted by Gasteiger charge is 2.22. The highest BCUT2D eigenvalue weighted by molar-refractivity contribution is 5.76. The minimum absolute atomic E-state index is 0.461. The van der Waals surface area contributed by atoms with Crippen LogP contribution >= 0.6 is 0 Å². The van der Waals surface area contributed by atoms with Gasteiger partial charge in [-0.05, 0) is 45.7 Å². The van der Waals surface area contributed by atoms with Crippen LogP contribution in [0.4, 0.5) is 11.6 Å². The van der Waals surface area contributed by atoms with Crippen molar-refractivity contribution >= 4 is 22.7 Å². The predicted molar refractivity (Wildman–Crippen MR) is 112 cm³/mol. The molecule has 0 radical (unpaired) electrons. The molecule has 4 heterocycles. The van der Waals surface area contributed by atoms with Crippen LogP contribution in [0.25, 0.3) is 11.0 Å².